The molecule has 36 heavy (non-hydrogen) atoms. The molecular formula is C28H33N3O5. The van der Waals surface area contributed by atoms with E-state index in [0.29, 0.717) is 29.5 Å². The standard InChI is InChI=1S/C28H33N3O5/c1-5-21-7-10-23(11-8-21)29-28(33)31(19(2)3)17-27(32)30(16-24-12-6-20(4)36-24)15-22-9-13-25-26(14-22)35-18-34-25/h6-14,19H,5,15-18H2,1-4H3,(H,29,33). The molecule has 0 spiro atoms. The number of nitrogens with zero attached hydrogens (tertiary/aromatic N) is 2. The van der Waals surface area contributed by atoms with E-state index in [1.807, 2.05) is 75.4 Å². The number of rotatable bonds is 9. The minimum absolute atomic E-state index is 0.0687. The maximum atomic E-state index is 13.6. The van der Waals surface area contributed by atoms with Gasteiger partial charge in [-0.2, -0.15) is 0 Å². The van der Waals surface area contributed by atoms with Gasteiger partial charge in [-0.25, -0.2) is 4.79 Å². The van der Waals surface area contributed by atoms with Crippen LogP contribution in [0, 0.1) is 6.92 Å². The largest absolute Gasteiger partial charge is 0.464 e. The summed E-state index contributed by atoms with van der Waals surface area (Å²) in [6, 6.07) is 16.6. The number of hydrogen-bond donors (Lipinski definition) is 1. The summed E-state index contributed by atoms with van der Waals surface area (Å²) in [4.78, 5) is 29.9. The maximum absolute atomic E-state index is 13.6. The number of ether oxygens (including phenoxy) is 2. The van der Waals surface area contributed by atoms with E-state index in [0.717, 1.165) is 17.7 Å². The van der Waals surface area contributed by atoms with Crippen LogP contribution in [-0.4, -0.2) is 41.1 Å². The van der Waals surface area contributed by atoms with Gasteiger partial charge in [0.15, 0.2) is 11.5 Å². The van der Waals surface area contributed by atoms with Crippen LogP contribution in [0.1, 0.15) is 43.4 Å². The van der Waals surface area contributed by atoms with Crippen LogP contribution in [0.15, 0.2) is 59.0 Å². The first-order valence-corrected chi connectivity index (χ1v) is 12.2. The summed E-state index contributed by atoms with van der Waals surface area (Å²) in [5, 5.41) is 2.92. The second kappa shape index (κ2) is 11.2. The van der Waals surface area contributed by atoms with Crippen LogP contribution < -0.4 is 14.8 Å². The van der Waals surface area contributed by atoms with Gasteiger partial charge in [-0.1, -0.05) is 25.1 Å². The number of fused-ring (bicyclic) bond motifs is 1. The van der Waals surface area contributed by atoms with Crippen LogP contribution in [0.5, 0.6) is 11.5 Å². The number of aryl methyl sites for hydroxylation is 2. The number of anilines is 1. The molecule has 0 aliphatic carbocycles. The minimum Gasteiger partial charge on any atom is -0.464 e. The number of nitrogens with one attached hydrogen (secondary N) is 1. The molecule has 2 aromatic carbocycles. The Bertz CT molecular complexity index is 1200. The van der Waals surface area contributed by atoms with Crippen molar-refractivity contribution in [3.63, 3.8) is 0 Å². The van der Waals surface area contributed by atoms with Crippen molar-refractivity contribution in [3.8, 4) is 11.5 Å². The zero-order chi connectivity index (χ0) is 25.7. The number of furan rings is 1. The monoisotopic (exact) mass is 491 g/mol. The molecule has 0 bridgehead atoms. The van der Waals surface area contributed by atoms with Gasteiger partial charge in [0, 0.05) is 18.3 Å². The highest BCUT2D eigenvalue weighted by molar-refractivity contribution is 5.92. The van der Waals surface area contributed by atoms with Gasteiger partial charge in [0.1, 0.15) is 18.1 Å². The molecule has 0 fully saturated rings. The van der Waals surface area contributed by atoms with Crippen molar-refractivity contribution < 1.29 is 23.5 Å². The van der Waals surface area contributed by atoms with Crippen molar-refractivity contribution in [2.24, 2.45) is 0 Å². The second-order valence-corrected chi connectivity index (χ2v) is 9.15. The fourth-order valence-corrected chi connectivity index (χ4v) is 4.00. The van der Waals surface area contributed by atoms with Crippen molar-refractivity contribution in [1.82, 2.24) is 9.80 Å². The molecule has 0 radical (unpaired) electrons. The summed E-state index contributed by atoms with van der Waals surface area (Å²) in [5.41, 5.74) is 2.78. The first-order chi connectivity index (χ1) is 17.3. The molecule has 2 heterocycles. The van der Waals surface area contributed by atoms with Gasteiger partial charge in [-0.05, 0) is 74.7 Å². The SMILES string of the molecule is CCc1ccc(NC(=O)N(CC(=O)N(Cc2ccc3c(c2)OCO3)Cc2ccc(C)o2)C(C)C)cc1. The number of hydrogen-bond acceptors (Lipinski definition) is 5. The van der Waals surface area contributed by atoms with E-state index in [1.54, 1.807) is 4.90 Å². The smallest absolute Gasteiger partial charge is 0.322 e. The molecule has 1 aromatic heterocycles. The van der Waals surface area contributed by atoms with Crippen molar-refractivity contribution in [3.05, 3.63) is 77.2 Å². The molecule has 0 unspecified atom stereocenters. The first-order valence-electron chi connectivity index (χ1n) is 12.2. The van der Waals surface area contributed by atoms with Crippen molar-refractivity contribution in [2.75, 3.05) is 18.7 Å². The zero-order valence-corrected chi connectivity index (χ0v) is 21.2. The van der Waals surface area contributed by atoms with Crippen LogP contribution in [0.25, 0.3) is 0 Å². The number of carbonyl (C=O) groups excluding carboxylic acids is 2. The van der Waals surface area contributed by atoms with Crippen LogP contribution in [0.3, 0.4) is 0 Å². The molecule has 1 N–H and O–H groups in total. The lowest BCUT2D eigenvalue weighted by atomic mass is 10.1. The highest BCUT2D eigenvalue weighted by atomic mass is 16.7. The second-order valence-electron chi connectivity index (χ2n) is 9.15. The molecule has 0 saturated carbocycles. The number of benzene rings is 2. The quantitative estimate of drug-likeness (QED) is 0.436. The van der Waals surface area contributed by atoms with Gasteiger partial charge in [0.2, 0.25) is 12.7 Å². The molecule has 190 valence electrons. The Morgan fingerprint density at radius 2 is 1.67 bits per heavy atom. The van der Waals surface area contributed by atoms with Crippen LogP contribution in [0.4, 0.5) is 10.5 Å². The minimum atomic E-state index is -0.320. The Hall–Kier alpha value is -3.94. The predicted octanol–water partition coefficient (Wildman–Crippen LogP) is 5.35. The Kier molecular flexibility index (Phi) is 7.83. The average molecular weight is 492 g/mol. The number of carbonyl (C=O) groups is 2. The van der Waals surface area contributed by atoms with Gasteiger partial charge >= 0.3 is 6.03 Å². The number of amides is 3. The molecule has 3 amide bonds. The third-order valence-electron chi connectivity index (χ3n) is 6.11. The Morgan fingerprint density at radius 1 is 0.944 bits per heavy atom. The molecule has 1 aliphatic heterocycles. The van der Waals surface area contributed by atoms with E-state index < -0.39 is 0 Å². The van der Waals surface area contributed by atoms with Gasteiger partial charge in [0.25, 0.3) is 0 Å². The molecule has 0 saturated heterocycles. The lowest BCUT2D eigenvalue weighted by Crippen LogP contribution is -2.47. The van der Waals surface area contributed by atoms with E-state index >= 15 is 0 Å². The third-order valence-corrected chi connectivity index (χ3v) is 6.11. The highest BCUT2D eigenvalue weighted by Gasteiger charge is 2.25. The van der Waals surface area contributed by atoms with Gasteiger partial charge in [-0.15, -0.1) is 0 Å². The predicted molar refractivity (Wildman–Crippen MR) is 137 cm³/mol. The van der Waals surface area contributed by atoms with Crippen molar-refractivity contribution in [2.45, 2.75) is 53.2 Å². The molecular weight excluding hydrogens is 458 g/mol. The summed E-state index contributed by atoms with van der Waals surface area (Å²) in [6.07, 6.45) is 0.926. The van der Waals surface area contributed by atoms with Crippen molar-refractivity contribution >= 4 is 17.6 Å². The Morgan fingerprint density at radius 3 is 2.33 bits per heavy atom. The van der Waals surface area contributed by atoms with Gasteiger partial charge < -0.3 is 29.0 Å². The van der Waals surface area contributed by atoms with Crippen molar-refractivity contribution in [1.29, 1.82) is 0 Å². The summed E-state index contributed by atoms with van der Waals surface area (Å²) >= 11 is 0. The van der Waals surface area contributed by atoms with E-state index in [4.69, 9.17) is 13.9 Å². The molecule has 1 aliphatic rings. The third kappa shape index (κ3) is 6.19. The normalized spacial score (nSPS) is 12.0. The molecule has 0 atom stereocenters. The Balaban J connectivity index is 1.49. The first kappa shape index (κ1) is 25.2. The fraction of sp³-hybridized carbons (Fsp3) is 0.357. The maximum Gasteiger partial charge on any atom is 0.322 e. The fourth-order valence-electron chi connectivity index (χ4n) is 4.00. The summed E-state index contributed by atoms with van der Waals surface area (Å²) in [5.74, 6) is 2.61. The van der Waals surface area contributed by atoms with Gasteiger partial charge in [-0.3, -0.25) is 4.79 Å². The van der Waals surface area contributed by atoms with E-state index in [-0.39, 0.29) is 37.9 Å². The number of urea groups is 1. The lowest BCUT2D eigenvalue weighted by molar-refractivity contribution is -0.133. The molecule has 4 rings (SSSR count). The summed E-state index contributed by atoms with van der Waals surface area (Å²) in [6.45, 7) is 8.47. The zero-order valence-electron chi connectivity index (χ0n) is 21.2. The van der Waals surface area contributed by atoms with Crippen LogP contribution in [-0.2, 0) is 24.3 Å². The Labute approximate surface area is 211 Å². The molecule has 3 aromatic rings. The van der Waals surface area contributed by atoms with Gasteiger partial charge in [0.05, 0.1) is 6.54 Å². The topological polar surface area (TPSA) is 84.3 Å². The lowest BCUT2D eigenvalue weighted by Gasteiger charge is -2.30. The van der Waals surface area contributed by atoms with E-state index in [9.17, 15) is 9.59 Å². The summed E-state index contributed by atoms with van der Waals surface area (Å²) in [7, 11) is 0. The molecule has 8 nitrogen and oxygen atoms in total. The van der Waals surface area contributed by atoms with E-state index in [1.165, 1.54) is 10.5 Å². The van der Waals surface area contributed by atoms with E-state index in [2.05, 4.69) is 12.2 Å². The average Bonchev–Trinajstić information content (AvgIpc) is 3.50. The molecule has 8 heteroatoms. The van der Waals surface area contributed by atoms with Crippen LogP contribution >= 0.6 is 0 Å². The summed E-state index contributed by atoms with van der Waals surface area (Å²) < 4.78 is 16.6. The van der Waals surface area contributed by atoms with Crippen LogP contribution in [0.2, 0.25) is 0 Å². The highest BCUT2D eigenvalue weighted by Crippen LogP contribution is 2.33.